The summed E-state index contributed by atoms with van der Waals surface area (Å²) >= 11 is 5.67. The Balaban J connectivity index is 2.68. The summed E-state index contributed by atoms with van der Waals surface area (Å²) < 4.78 is 19.0. The lowest BCUT2D eigenvalue weighted by Crippen LogP contribution is -2.16. The van der Waals surface area contributed by atoms with Gasteiger partial charge in [-0.05, 0) is 26.6 Å². The molecule has 96 valence electrons. The van der Waals surface area contributed by atoms with Gasteiger partial charge in [0.05, 0.1) is 18.0 Å². The second-order valence-corrected chi connectivity index (χ2v) is 4.40. The maximum Gasteiger partial charge on any atom is 0.187 e. The number of nitrogens with two attached hydrogens (primary N) is 2. The number of nitrogen functional groups attached to an aromatic ring is 2. The molecule has 0 fully saturated rings. The minimum absolute atomic E-state index is 0.0250. The number of hydrogen-bond donors (Lipinski definition) is 2. The van der Waals surface area contributed by atoms with E-state index < -0.39 is 5.82 Å². The monoisotopic (exact) mass is 261 g/mol. The molecule has 4 nitrogen and oxygen atoms in total. The van der Waals surface area contributed by atoms with Gasteiger partial charge in [-0.1, -0.05) is 11.6 Å². The van der Waals surface area contributed by atoms with Crippen molar-refractivity contribution in [2.75, 3.05) is 38.7 Å². The Morgan fingerprint density at radius 1 is 1.35 bits per heavy atom. The lowest BCUT2D eigenvalue weighted by Gasteiger charge is -2.13. The van der Waals surface area contributed by atoms with Crippen molar-refractivity contribution in [1.82, 2.24) is 4.90 Å². The molecule has 0 atom stereocenters. The maximum atomic E-state index is 13.7. The van der Waals surface area contributed by atoms with Crippen LogP contribution in [0.2, 0.25) is 5.02 Å². The number of benzene rings is 1. The Bertz CT molecular complexity index is 399. The Labute approximate surface area is 105 Å². The molecule has 1 aromatic carbocycles. The van der Waals surface area contributed by atoms with Gasteiger partial charge in [-0.2, -0.15) is 0 Å². The fourth-order valence-corrected chi connectivity index (χ4v) is 1.49. The van der Waals surface area contributed by atoms with Crippen molar-refractivity contribution in [2.24, 2.45) is 0 Å². The van der Waals surface area contributed by atoms with Gasteiger partial charge in [0, 0.05) is 6.54 Å². The molecule has 0 bridgehead atoms. The van der Waals surface area contributed by atoms with E-state index in [0.717, 1.165) is 13.0 Å². The van der Waals surface area contributed by atoms with Gasteiger partial charge in [0.2, 0.25) is 0 Å². The van der Waals surface area contributed by atoms with E-state index in [1.54, 1.807) is 0 Å². The van der Waals surface area contributed by atoms with Crippen molar-refractivity contribution in [1.29, 1.82) is 0 Å². The molecule has 17 heavy (non-hydrogen) atoms. The summed E-state index contributed by atoms with van der Waals surface area (Å²) in [6, 6.07) is 1.40. The Morgan fingerprint density at radius 3 is 2.59 bits per heavy atom. The zero-order valence-electron chi connectivity index (χ0n) is 9.96. The summed E-state index contributed by atoms with van der Waals surface area (Å²) in [5, 5.41) is -0.151. The highest BCUT2D eigenvalue weighted by molar-refractivity contribution is 6.33. The lowest BCUT2D eigenvalue weighted by atomic mass is 10.2. The first-order valence-corrected chi connectivity index (χ1v) is 5.61. The van der Waals surface area contributed by atoms with Crippen molar-refractivity contribution < 1.29 is 9.13 Å². The molecule has 0 aliphatic rings. The van der Waals surface area contributed by atoms with Crippen LogP contribution in [0.25, 0.3) is 0 Å². The lowest BCUT2D eigenvalue weighted by molar-refractivity contribution is 0.272. The van der Waals surface area contributed by atoms with Crippen LogP contribution in [-0.2, 0) is 0 Å². The van der Waals surface area contributed by atoms with Gasteiger partial charge in [-0.25, -0.2) is 4.39 Å². The van der Waals surface area contributed by atoms with E-state index in [9.17, 15) is 4.39 Å². The fraction of sp³-hybridized carbons (Fsp3) is 0.455. The second-order valence-electron chi connectivity index (χ2n) is 4.02. The zero-order valence-corrected chi connectivity index (χ0v) is 10.7. The van der Waals surface area contributed by atoms with Crippen molar-refractivity contribution >= 4 is 23.0 Å². The van der Waals surface area contributed by atoms with Gasteiger partial charge in [0.25, 0.3) is 0 Å². The Hall–Kier alpha value is -1.20. The molecule has 0 aromatic heterocycles. The Kier molecular flexibility index (Phi) is 4.84. The minimum Gasteiger partial charge on any atom is -0.488 e. The fourth-order valence-electron chi connectivity index (χ4n) is 1.35. The number of halogens is 2. The van der Waals surface area contributed by atoms with Crippen LogP contribution in [0.1, 0.15) is 6.42 Å². The molecule has 0 aliphatic heterocycles. The third-order valence-electron chi connectivity index (χ3n) is 2.21. The normalized spacial score (nSPS) is 10.9. The second kappa shape index (κ2) is 5.93. The first-order valence-electron chi connectivity index (χ1n) is 5.24. The van der Waals surface area contributed by atoms with Crippen molar-refractivity contribution in [3.8, 4) is 5.75 Å². The number of anilines is 2. The Morgan fingerprint density at radius 2 is 2.00 bits per heavy atom. The average molecular weight is 262 g/mol. The van der Waals surface area contributed by atoms with Crippen LogP contribution in [0.5, 0.6) is 5.75 Å². The van der Waals surface area contributed by atoms with Crippen LogP contribution in [0.15, 0.2) is 6.07 Å². The van der Waals surface area contributed by atoms with Crippen LogP contribution < -0.4 is 16.2 Å². The standard InChI is InChI=1S/C11H17ClFN3O/c1-16(2)4-3-5-17-11-8(15)6-7(14)9(12)10(11)13/h6H,3-5,14-15H2,1-2H3. The van der Waals surface area contributed by atoms with Gasteiger partial charge >= 0.3 is 0 Å². The van der Waals surface area contributed by atoms with E-state index in [1.165, 1.54) is 6.07 Å². The molecule has 0 saturated carbocycles. The van der Waals surface area contributed by atoms with Gasteiger partial charge in [-0.15, -0.1) is 0 Å². The highest BCUT2D eigenvalue weighted by atomic mass is 35.5. The van der Waals surface area contributed by atoms with Crippen LogP contribution in [0, 0.1) is 5.82 Å². The SMILES string of the molecule is CN(C)CCCOc1c(N)cc(N)c(Cl)c1F. The summed E-state index contributed by atoms with van der Waals surface area (Å²) in [5.41, 5.74) is 11.4. The molecule has 1 aromatic rings. The quantitative estimate of drug-likeness (QED) is 0.628. The summed E-state index contributed by atoms with van der Waals surface area (Å²) in [4.78, 5) is 2.01. The average Bonchev–Trinajstić information content (AvgIpc) is 2.24. The highest BCUT2D eigenvalue weighted by Crippen LogP contribution is 2.35. The molecule has 0 saturated heterocycles. The molecule has 0 spiro atoms. The first-order chi connectivity index (χ1) is 7.93. The summed E-state index contributed by atoms with van der Waals surface area (Å²) in [6.45, 7) is 1.23. The highest BCUT2D eigenvalue weighted by Gasteiger charge is 2.15. The van der Waals surface area contributed by atoms with Gasteiger partial charge in [-0.3, -0.25) is 0 Å². The van der Waals surface area contributed by atoms with Gasteiger partial charge < -0.3 is 21.1 Å². The van der Waals surface area contributed by atoms with Crippen LogP contribution in [0.4, 0.5) is 15.8 Å². The van der Waals surface area contributed by atoms with Crippen LogP contribution >= 0.6 is 11.6 Å². The number of rotatable bonds is 5. The molecular formula is C11H17ClFN3O. The van der Waals surface area contributed by atoms with Crippen LogP contribution in [0.3, 0.4) is 0 Å². The summed E-state index contributed by atoms with van der Waals surface area (Å²) in [6.07, 6.45) is 0.772. The number of nitrogens with zero attached hydrogens (tertiary/aromatic N) is 1. The van der Waals surface area contributed by atoms with Crippen molar-refractivity contribution in [3.63, 3.8) is 0 Å². The molecule has 4 N–H and O–H groups in total. The zero-order chi connectivity index (χ0) is 13.0. The maximum absolute atomic E-state index is 13.7. The largest absolute Gasteiger partial charge is 0.488 e. The molecule has 6 heteroatoms. The predicted molar refractivity (Wildman–Crippen MR) is 68.9 cm³/mol. The summed E-state index contributed by atoms with van der Waals surface area (Å²) in [5.74, 6) is -0.725. The van der Waals surface area contributed by atoms with E-state index in [4.69, 9.17) is 27.8 Å². The third-order valence-corrected chi connectivity index (χ3v) is 2.60. The number of hydrogen-bond acceptors (Lipinski definition) is 4. The molecule has 0 unspecified atom stereocenters. The summed E-state index contributed by atoms with van der Waals surface area (Å²) in [7, 11) is 3.91. The number of ether oxygens (including phenoxy) is 1. The molecule has 0 amide bonds. The van der Waals surface area contributed by atoms with Gasteiger partial charge in [0.1, 0.15) is 5.02 Å². The van der Waals surface area contributed by atoms with E-state index in [0.29, 0.717) is 6.61 Å². The molecular weight excluding hydrogens is 245 g/mol. The van der Waals surface area contributed by atoms with Crippen molar-refractivity contribution in [2.45, 2.75) is 6.42 Å². The first kappa shape index (κ1) is 13.9. The van der Waals surface area contributed by atoms with Crippen molar-refractivity contribution in [3.05, 3.63) is 16.9 Å². The third kappa shape index (κ3) is 3.64. The minimum atomic E-state index is -0.700. The molecule has 1 rings (SSSR count). The molecule has 0 radical (unpaired) electrons. The van der Waals surface area contributed by atoms with E-state index >= 15 is 0 Å². The van der Waals surface area contributed by atoms with E-state index in [1.807, 2.05) is 19.0 Å². The molecule has 0 aliphatic carbocycles. The van der Waals surface area contributed by atoms with Gasteiger partial charge in [0.15, 0.2) is 11.6 Å². The van der Waals surface area contributed by atoms with Crippen LogP contribution in [-0.4, -0.2) is 32.1 Å². The topological polar surface area (TPSA) is 64.5 Å². The van der Waals surface area contributed by atoms with E-state index in [-0.39, 0.29) is 22.1 Å². The smallest absolute Gasteiger partial charge is 0.187 e. The van der Waals surface area contributed by atoms with E-state index in [2.05, 4.69) is 0 Å². The molecule has 0 heterocycles. The predicted octanol–water partition coefficient (Wildman–Crippen LogP) is 1.97.